The number of nitrogens with one attached hydrogen (secondary N) is 2. The summed E-state index contributed by atoms with van der Waals surface area (Å²) in [6, 6.07) is 5.28. The zero-order chi connectivity index (χ0) is 14.3. The lowest BCUT2D eigenvalue weighted by molar-refractivity contribution is -0.116. The molecule has 2 N–H and O–H groups in total. The van der Waals surface area contributed by atoms with Crippen molar-refractivity contribution in [3.8, 4) is 0 Å². The highest BCUT2D eigenvalue weighted by Crippen LogP contribution is 2.17. The third-order valence-corrected chi connectivity index (χ3v) is 3.35. The van der Waals surface area contributed by atoms with E-state index in [4.69, 9.17) is 0 Å². The lowest BCUT2D eigenvalue weighted by Gasteiger charge is -2.10. The Balaban J connectivity index is 2.71. The summed E-state index contributed by atoms with van der Waals surface area (Å²) >= 11 is 3.34. The van der Waals surface area contributed by atoms with Gasteiger partial charge in [0.2, 0.25) is 5.91 Å². The molecule has 0 radical (unpaired) electrons. The molecule has 0 heterocycles. The number of carbonyl (C=O) groups excluding carboxylic acids is 2. The van der Waals surface area contributed by atoms with Gasteiger partial charge in [-0.1, -0.05) is 22.0 Å². The van der Waals surface area contributed by atoms with E-state index in [0.717, 1.165) is 23.7 Å². The smallest absolute Gasteiger partial charge is 0.251 e. The van der Waals surface area contributed by atoms with E-state index >= 15 is 0 Å². The second-order valence-electron chi connectivity index (χ2n) is 4.30. The molecule has 0 atom stereocenters. The van der Waals surface area contributed by atoms with Crippen LogP contribution in [0.25, 0.3) is 0 Å². The van der Waals surface area contributed by atoms with Gasteiger partial charge < -0.3 is 10.6 Å². The van der Waals surface area contributed by atoms with E-state index in [-0.39, 0.29) is 11.8 Å². The van der Waals surface area contributed by atoms with E-state index < -0.39 is 0 Å². The normalized spacial score (nSPS) is 10.1. The second kappa shape index (κ2) is 7.94. The zero-order valence-electron chi connectivity index (χ0n) is 11.3. The predicted molar refractivity (Wildman–Crippen MR) is 80.8 cm³/mol. The monoisotopic (exact) mass is 326 g/mol. The average molecular weight is 327 g/mol. The molecule has 0 aliphatic heterocycles. The fourth-order valence-electron chi connectivity index (χ4n) is 1.64. The van der Waals surface area contributed by atoms with Gasteiger partial charge in [0.1, 0.15) is 0 Å². The number of unbranched alkanes of at least 4 members (excludes halogenated alkanes) is 1. The van der Waals surface area contributed by atoms with Crippen molar-refractivity contribution in [3.05, 3.63) is 29.3 Å². The number of hydrogen-bond donors (Lipinski definition) is 2. The maximum Gasteiger partial charge on any atom is 0.251 e. The molecule has 4 nitrogen and oxygen atoms in total. The number of amides is 2. The summed E-state index contributed by atoms with van der Waals surface area (Å²) in [4.78, 5) is 23.3. The first-order chi connectivity index (χ1) is 9.08. The van der Waals surface area contributed by atoms with Gasteiger partial charge in [0, 0.05) is 30.0 Å². The van der Waals surface area contributed by atoms with Gasteiger partial charge in [-0.25, -0.2) is 0 Å². The van der Waals surface area contributed by atoms with E-state index in [1.807, 2.05) is 13.0 Å². The van der Waals surface area contributed by atoms with E-state index in [0.29, 0.717) is 17.7 Å². The molecular formula is C14H19BrN2O2. The molecule has 0 bridgehead atoms. The first-order valence-corrected chi connectivity index (χ1v) is 7.39. The van der Waals surface area contributed by atoms with Crippen LogP contribution in [-0.2, 0) is 4.79 Å². The van der Waals surface area contributed by atoms with Crippen LogP contribution in [-0.4, -0.2) is 24.2 Å². The third-order valence-electron chi connectivity index (χ3n) is 2.79. The highest BCUT2D eigenvalue weighted by molar-refractivity contribution is 9.09. The number of hydrogen-bond acceptors (Lipinski definition) is 2. The largest absolute Gasteiger partial charge is 0.355 e. The number of benzene rings is 1. The molecule has 104 valence electrons. The van der Waals surface area contributed by atoms with E-state index in [1.54, 1.807) is 19.2 Å². The molecule has 1 aromatic rings. The Morgan fingerprint density at radius 2 is 2.00 bits per heavy atom. The molecular weight excluding hydrogens is 308 g/mol. The Bertz CT molecular complexity index is 461. The van der Waals surface area contributed by atoms with Gasteiger partial charge >= 0.3 is 0 Å². The molecule has 2 amide bonds. The fraction of sp³-hybridized carbons (Fsp3) is 0.429. The number of aryl methyl sites for hydroxylation is 1. The maximum atomic E-state index is 11.8. The van der Waals surface area contributed by atoms with Gasteiger partial charge in [0.05, 0.1) is 0 Å². The van der Waals surface area contributed by atoms with Gasteiger partial charge in [0.25, 0.3) is 5.91 Å². The minimum Gasteiger partial charge on any atom is -0.355 e. The van der Waals surface area contributed by atoms with Crippen molar-refractivity contribution in [1.29, 1.82) is 0 Å². The van der Waals surface area contributed by atoms with Gasteiger partial charge in [-0.05, 0) is 37.5 Å². The van der Waals surface area contributed by atoms with Crippen LogP contribution in [0.3, 0.4) is 0 Å². The molecule has 0 unspecified atom stereocenters. The van der Waals surface area contributed by atoms with Crippen LogP contribution in [0.15, 0.2) is 18.2 Å². The van der Waals surface area contributed by atoms with Crippen molar-refractivity contribution < 1.29 is 9.59 Å². The molecule has 5 heteroatoms. The summed E-state index contributed by atoms with van der Waals surface area (Å²) in [5.41, 5.74) is 2.19. The topological polar surface area (TPSA) is 58.2 Å². The number of alkyl halides is 1. The van der Waals surface area contributed by atoms with Crippen LogP contribution >= 0.6 is 15.9 Å². The van der Waals surface area contributed by atoms with Crippen LogP contribution < -0.4 is 10.6 Å². The van der Waals surface area contributed by atoms with Gasteiger partial charge in [0.15, 0.2) is 0 Å². The van der Waals surface area contributed by atoms with Crippen molar-refractivity contribution in [2.45, 2.75) is 26.2 Å². The fourth-order valence-corrected chi connectivity index (χ4v) is 2.03. The van der Waals surface area contributed by atoms with E-state index in [2.05, 4.69) is 26.6 Å². The highest BCUT2D eigenvalue weighted by atomic mass is 79.9. The highest BCUT2D eigenvalue weighted by Gasteiger charge is 2.08. The minimum absolute atomic E-state index is 0.0156. The van der Waals surface area contributed by atoms with E-state index in [1.165, 1.54) is 0 Å². The van der Waals surface area contributed by atoms with Crippen LogP contribution in [0, 0.1) is 6.92 Å². The van der Waals surface area contributed by atoms with Crippen molar-refractivity contribution >= 4 is 33.4 Å². The number of rotatable bonds is 6. The van der Waals surface area contributed by atoms with Crippen LogP contribution in [0.2, 0.25) is 0 Å². The van der Waals surface area contributed by atoms with Crippen molar-refractivity contribution in [2.24, 2.45) is 0 Å². The molecule has 0 saturated carbocycles. The molecule has 0 saturated heterocycles. The second-order valence-corrected chi connectivity index (χ2v) is 5.10. The Kier molecular flexibility index (Phi) is 6.56. The quantitative estimate of drug-likeness (QED) is 0.623. The standard InChI is InChI=1S/C14H19BrN2O2/c1-10-6-7-11(14(19)16-2)9-12(10)17-13(18)5-3-4-8-15/h6-7,9H,3-5,8H2,1-2H3,(H,16,19)(H,17,18). The SMILES string of the molecule is CNC(=O)c1ccc(C)c(NC(=O)CCCCBr)c1. The molecule has 1 aromatic carbocycles. The summed E-state index contributed by atoms with van der Waals surface area (Å²) in [5.74, 6) is -0.173. The number of halogens is 1. The lowest BCUT2D eigenvalue weighted by Crippen LogP contribution is -2.19. The van der Waals surface area contributed by atoms with Gasteiger partial charge in [-0.15, -0.1) is 0 Å². The molecule has 0 aliphatic rings. The molecule has 0 aliphatic carbocycles. The maximum absolute atomic E-state index is 11.8. The zero-order valence-corrected chi connectivity index (χ0v) is 12.8. The summed E-state index contributed by atoms with van der Waals surface area (Å²) in [6.07, 6.45) is 2.32. The summed E-state index contributed by atoms with van der Waals surface area (Å²) in [5, 5.41) is 6.33. The Hall–Kier alpha value is -1.36. The molecule has 0 aromatic heterocycles. The number of carbonyl (C=O) groups is 2. The first kappa shape index (κ1) is 15.7. The molecule has 1 rings (SSSR count). The average Bonchev–Trinajstić information content (AvgIpc) is 2.40. The van der Waals surface area contributed by atoms with E-state index in [9.17, 15) is 9.59 Å². The Morgan fingerprint density at radius 1 is 1.26 bits per heavy atom. The van der Waals surface area contributed by atoms with Crippen molar-refractivity contribution in [2.75, 3.05) is 17.7 Å². The van der Waals surface area contributed by atoms with Crippen LogP contribution in [0.4, 0.5) is 5.69 Å². The van der Waals surface area contributed by atoms with Gasteiger partial charge in [-0.2, -0.15) is 0 Å². The Labute approximate surface area is 122 Å². The summed E-state index contributed by atoms with van der Waals surface area (Å²) in [7, 11) is 1.58. The van der Waals surface area contributed by atoms with Crippen LogP contribution in [0.1, 0.15) is 35.2 Å². The van der Waals surface area contributed by atoms with Crippen molar-refractivity contribution in [1.82, 2.24) is 5.32 Å². The van der Waals surface area contributed by atoms with Crippen LogP contribution in [0.5, 0.6) is 0 Å². The third kappa shape index (κ3) is 5.03. The lowest BCUT2D eigenvalue weighted by atomic mass is 10.1. The van der Waals surface area contributed by atoms with Gasteiger partial charge in [-0.3, -0.25) is 9.59 Å². The minimum atomic E-state index is -0.158. The predicted octanol–water partition coefficient (Wildman–Crippen LogP) is 2.86. The molecule has 0 fully saturated rings. The number of anilines is 1. The molecule has 19 heavy (non-hydrogen) atoms. The van der Waals surface area contributed by atoms with Crippen molar-refractivity contribution in [3.63, 3.8) is 0 Å². The summed E-state index contributed by atoms with van der Waals surface area (Å²) in [6.45, 7) is 1.90. The molecule has 0 spiro atoms. The first-order valence-electron chi connectivity index (χ1n) is 6.27. The Morgan fingerprint density at radius 3 is 2.63 bits per heavy atom. The summed E-state index contributed by atoms with van der Waals surface area (Å²) < 4.78 is 0.